The van der Waals surface area contributed by atoms with Crippen molar-refractivity contribution >= 4 is 39.1 Å². The van der Waals surface area contributed by atoms with E-state index in [2.05, 4.69) is 15.9 Å². The molecule has 0 N–H and O–H groups in total. The summed E-state index contributed by atoms with van der Waals surface area (Å²) in [5.74, 6) is -0.300. The average molecular weight is 348 g/mol. The number of benzene rings is 2. The second kappa shape index (κ2) is 6.05. The third-order valence-corrected chi connectivity index (χ3v) is 3.92. The van der Waals surface area contributed by atoms with Gasteiger partial charge >= 0.3 is 0 Å². The molecule has 0 aliphatic heterocycles. The zero-order valence-electron chi connectivity index (χ0n) is 9.34. The highest BCUT2D eigenvalue weighted by molar-refractivity contribution is 9.10. The van der Waals surface area contributed by atoms with Crippen molar-refractivity contribution in [1.29, 1.82) is 0 Å². The van der Waals surface area contributed by atoms with Crippen LogP contribution in [0.5, 0.6) is 0 Å². The first-order chi connectivity index (χ1) is 8.58. The summed E-state index contributed by atoms with van der Waals surface area (Å²) in [6.07, 6.45) is 0.529. The molecular formula is C14H10BrCl2F. The van der Waals surface area contributed by atoms with Crippen molar-refractivity contribution in [1.82, 2.24) is 0 Å². The molecule has 0 aliphatic carbocycles. The molecule has 0 radical (unpaired) electrons. The maximum absolute atomic E-state index is 13.7. The van der Waals surface area contributed by atoms with Crippen molar-refractivity contribution < 1.29 is 4.39 Å². The Kier molecular flexibility index (Phi) is 4.66. The van der Waals surface area contributed by atoms with Crippen LogP contribution in [0.4, 0.5) is 4.39 Å². The topological polar surface area (TPSA) is 0 Å². The summed E-state index contributed by atoms with van der Waals surface area (Å²) < 4.78 is 14.4. The molecule has 0 bridgehead atoms. The molecule has 2 aromatic rings. The summed E-state index contributed by atoms with van der Waals surface area (Å²) in [4.78, 5) is 0. The van der Waals surface area contributed by atoms with Gasteiger partial charge in [-0.15, -0.1) is 11.6 Å². The molecule has 1 atom stereocenters. The summed E-state index contributed by atoms with van der Waals surface area (Å²) in [6, 6.07) is 12.3. The van der Waals surface area contributed by atoms with Crippen LogP contribution in [0.2, 0.25) is 5.02 Å². The van der Waals surface area contributed by atoms with Gasteiger partial charge in [-0.2, -0.15) is 0 Å². The molecule has 18 heavy (non-hydrogen) atoms. The summed E-state index contributed by atoms with van der Waals surface area (Å²) in [6.45, 7) is 0. The molecule has 4 heteroatoms. The van der Waals surface area contributed by atoms with Gasteiger partial charge in [-0.25, -0.2) is 4.39 Å². The number of halogens is 4. The van der Waals surface area contributed by atoms with Crippen LogP contribution in [0.1, 0.15) is 16.5 Å². The van der Waals surface area contributed by atoms with E-state index in [-0.39, 0.29) is 5.82 Å². The smallest absolute Gasteiger partial charge is 0.129 e. The Labute approximate surface area is 124 Å². The Balaban J connectivity index is 2.25. The van der Waals surface area contributed by atoms with Gasteiger partial charge in [-0.3, -0.25) is 0 Å². The van der Waals surface area contributed by atoms with Gasteiger partial charge in [-0.1, -0.05) is 45.7 Å². The predicted octanol–water partition coefficient (Wildman–Crippen LogP) is 5.76. The van der Waals surface area contributed by atoms with Gasteiger partial charge in [0.1, 0.15) is 5.82 Å². The number of alkyl halides is 1. The maximum atomic E-state index is 13.7. The van der Waals surface area contributed by atoms with E-state index < -0.39 is 5.38 Å². The van der Waals surface area contributed by atoms with Gasteiger partial charge in [0.25, 0.3) is 0 Å². The lowest BCUT2D eigenvalue weighted by molar-refractivity contribution is 0.604. The third-order valence-electron chi connectivity index (χ3n) is 2.62. The molecule has 0 nitrogen and oxygen atoms in total. The molecule has 2 aromatic carbocycles. The van der Waals surface area contributed by atoms with Crippen LogP contribution in [0.25, 0.3) is 0 Å². The highest BCUT2D eigenvalue weighted by atomic mass is 79.9. The molecule has 0 fully saturated rings. The van der Waals surface area contributed by atoms with Crippen LogP contribution in [-0.2, 0) is 6.42 Å². The van der Waals surface area contributed by atoms with E-state index in [4.69, 9.17) is 23.2 Å². The lowest BCUT2D eigenvalue weighted by Crippen LogP contribution is -2.00. The maximum Gasteiger partial charge on any atom is 0.129 e. The molecule has 0 aromatic heterocycles. The Morgan fingerprint density at radius 3 is 2.56 bits per heavy atom. The summed E-state index contributed by atoms with van der Waals surface area (Å²) >= 11 is 15.5. The van der Waals surface area contributed by atoms with Gasteiger partial charge in [-0.05, 0) is 36.2 Å². The quantitative estimate of drug-likeness (QED) is 0.619. The second-order valence-electron chi connectivity index (χ2n) is 3.94. The summed E-state index contributed by atoms with van der Waals surface area (Å²) in [5, 5.41) is 0.225. The Bertz CT molecular complexity index is 537. The van der Waals surface area contributed by atoms with E-state index in [1.165, 1.54) is 6.07 Å². The minimum atomic E-state index is -0.431. The lowest BCUT2D eigenvalue weighted by Gasteiger charge is -2.13. The largest absolute Gasteiger partial charge is 0.207 e. The fraction of sp³-hybridized carbons (Fsp3) is 0.143. The molecule has 0 aliphatic rings. The van der Waals surface area contributed by atoms with Gasteiger partial charge in [0.15, 0.2) is 0 Å². The van der Waals surface area contributed by atoms with Crippen LogP contribution >= 0.6 is 39.1 Å². The second-order valence-corrected chi connectivity index (χ2v) is 5.75. The van der Waals surface area contributed by atoms with Crippen molar-refractivity contribution in [3.05, 3.63) is 68.9 Å². The predicted molar refractivity (Wildman–Crippen MR) is 77.9 cm³/mol. The monoisotopic (exact) mass is 346 g/mol. The number of hydrogen-bond acceptors (Lipinski definition) is 0. The average Bonchev–Trinajstić information content (AvgIpc) is 2.28. The van der Waals surface area contributed by atoms with Crippen LogP contribution < -0.4 is 0 Å². The molecule has 0 saturated heterocycles. The number of rotatable bonds is 3. The van der Waals surface area contributed by atoms with Crippen molar-refractivity contribution in [2.75, 3.05) is 0 Å². The van der Waals surface area contributed by atoms with Crippen molar-refractivity contribution in [2.45, 2.75) is 11.8 Å². The highest BCUT2D eigenvalue weighted by Crippen LogP contribution is 2.33. The van der Waals surface area contributed by atoms with Gasteiger partial charge < -0.3 is 0 Å². The fourth-order valence-electron chi connectivity index (χ4n) is 1.78. The molecule has 1 unspecified atom stereocenters. The first-order valence-corrected chi connectivity index (χ1v) is 7.01. The zero-order valence-corrected chi connectivity index (χ0v) is 12.4. The standard InChI is InChI=1S/C14H10BrCl2F/c15-11-5-2-6-13(18)14(11)12(17)8-9-3-1-4-10(16)7-9/h1-7,12H,8H2. The first kappa shape index (κ1) is 13.9. The Morgan fingerprint density at radius 2 is 1.89 bits per heavy atom. The van der Waals surface area contributed by atoms with E-state index in [1.807, 2.05) is 18.2 Å². The molecular weight excluding hydrogens is 338 g/mol. The van der Waals surface area contributed by atoms with E-state index >= 15 is 0 Å². The molecule has 94 valence electrons. The summed E-state index contributed by atoms with van der Waals surface area (Å²) in [7, 11) is 0. The summed E-state index contributed by atoms with van der Waals surface area (Å²) in [5.41, 5.74) is 1.47. The van der Waals surface area contributed by atoms with Crippen LogP contribution in [0, 0.1) is 5.82 Å². The zero-order chi connectivity index (χ0) is 13.1. The third kappa shape index (κ3) is 3.25. The Hall–Kier alpha value is -0.570. The molecule has 2 rings (SSSR count). The molecule has 0 saturated carbocycles. The highest BCUT2D eigenvalue weighted by Gasteiger charge is 2.16. The fourth-order valence-corrected chi connectivity index (χ4v) is 3.15. The SMILES string of the molecule is Fc1cccc(Br)c1C(Cl)Cc1cccc(Cl)c1. The van der Waals surface area contributed by atoms with Crippen molar-refractivity contribution in [3.63, 3.8) is 0 Å². The van der Waals surface area contributed by atoms with E-state index in [0.717, 1.165) is 5.56 Å². The van der Waals surface area contributed by atoms with Crippen LogP contribution in [0.3, 0.4) is 0 Å². The van der Waals surface area contributed by atoms with Gasteiger partial charge in [0, 0.05) is 15.1 Å². The molecule has 0 spiro atoms. The van der Waals surface area contributed by atoms with Gasteiger partial charge in [0.2, 0.25) is 0 Å². The normalized spacial score (nSPS) is 12.4. The van der Waals surface area contributed by atoms with E-state index in [0.29, 0.717) is 21.5 Å². The van der Waals surface area contributed by atoms with Crippen molar-refractivity contribution in [3.8, 4) is 0 Å². The number of hydrogen-bond donors (Lipinski definition) is 0. The van der Waals surface area contributed by atoms with Crippen molar-refractivity contribution in [2.24, 2.45) is 0 Å². The Morgan fingerprint density at radius 1 is 1.17 bits per heavy atom. The lowest BCUT2D eigenvalue weighted by atomic mass is 10.0. The van der Waals surface area contributed by atoms with Crippen LogP contribution in [-0.4, -0.2) is 0 Å². The van der Waals surface area contributed by atoms with E-state index in [1.54, 1.807) is 18.2 Å². The van der Waals surface area contributed by atoms with Crippen LogP contribution in [0.15, 0.2) is 46.9 Å². The first-order valence-electron chi connectivity index (χ1n) is 5.40. The van der Waals surface area contributed by atoms with Gasteiger partial charge in [0.05, 0.1) is 5.38 Å². The molecule has 0 amide bonds. The van der Waals surface area contributed by atoms with E-state index in [9.17, 15) is 4.39 Å². The molecule has 0 heterocycles. The minimum absolute atomic E-state index is 0.300. The minimum Gasteiger partial charge on any atom is -0.207 e.